The van der Waals surface area contributed by atoms with Gasteiger partial charge in [-0.2, -0.15) is 0 Å². The van der Waals surface area contributed by atoms with Gasteiger partial charge >= 0.3 is 0 Å². The maximum absolute atomic E-state index is 2.55. The van der Waals surface area contributed by atoms with Gasteiger partial charge in [0.1, 0.15) is 0 Å². The monoisotopic (exact) mass is 831 g/mol. The number of anilines is 3. The summed E-state index contributed by atoms with van der Waals surface area (Å²) in [5.41, 5.74) is 15.4. The SMILES string of the molecule is c1ccc(-c2ccc(-c3c(N(c4ccc(-c5cc(-c6ccccc6)ccc5-c5ccccc5)cc4)c4cccc5c4sc4ccccc45)c4ccccc4c4ccccc34)cc2)cc1. The summed E-state index contributed by atoms with van der Waals surface area (Å²) >= 11 is 1.87. The smallest absolute Gasteiger partial charge is 0.0640 e. The van der Waals surface area contributed by atoms with E-state index in [9.17, 15) is 0 Å². The number of hydrogen-bond acceptors (Lipinski definition) is 2. The molecule has 2 heteroatoms. The van der Waals surface area contributed by atoms with Crippen LogP contribution in [0.1, 0.15) is 0 Å². The van der Waals surface area contributed by atoms with Gasteiger partial charge in [0.05, 0.1) is 16.1 Å². The molecule has 0 amide bonds. The minimum Gasteiger partial charge on any atom is -0.308 e. The predicted octanol–water partition coefficient (Wildman–Crippen LogP) is 18.2. The number of nitrogens with zero attached hydrogens (tertiary/aromatic N) is 1. The quantitative estimate of drug-likeness (QED) is 0.138. The van der Waals surface area contributed by atoms with Crippen LogP contribution in [0.25, 0.3) is 97.4 Å². The number of rotatable bonds is 8. The molecular weight excluding hydrogens is 791 g/mol. The number of hydrogen-bond donors (Lipinski definition) is 0. The summed E-state index contributed by atoms with van der Waals surface area (Å²) in [5.74, 6) is 0. The molecule has 12 aromatic rings. The minimum atomic E-state index is 1.09. The van der Waals surface area contributed by atoms with Crippen LogP contribution in [0.3, 0.4) is 0 Å². The van der Waals surface area contributed by atoms with E-state index in [0.29, 0.717) is 0 Å². The van der Waals surface area contributed by atoms with E-state index < -0.39 is 0 Å². The molecule has 0 aliphatic heterocycles. The molecule has 0 N–H and O–H groups in total. The topological polar surface area (TPSA) is 3.24 Å². The van der Waals surface area contributed by atoms with Crippen molar-refractivity contribution in [1.82, 2.24) is 0 Å². The van der Waals surface area contributed by atoms with Crippen LogP contribution in [0.2, 0.25) is 0 Å². The maximum Gasteiger partial charge on any atom is 0.0640 e. The highest BCUT2D eigenvalue weighted by atomic mass is 32.1. The minimum absolute atomic E-state index is 1.09. The lowest BCUT2D eigenvalue weighted by atomic mass is 9.89. The molecule has 11 aromatic carbocycles. The van der Waals surface area contributed by atoms with Crippen LogP contribution in [-0.2, 0) is 0 Å². The number of thiophene rings is 1. The zero-order valence-electron chi connectivity index (χ0n) is 35.0. The summed E-state index contributed by atoms with van der Waals surface area (Å²) in [6, 6.07) is 91.0. The molecular formula is C62H41NS. The van der Waals surface area contributed by atoms with E-state index >= 15 is 0 Å². The summed E-state index contributed by atoms with van der Waals surface area (Å²) in [4.78, 5) is 2.55. The third-order valence-electron chi connectivity index (χ3n) is 12.7. The molecule has 0 aliphatic rings. The average Bonchev–Trinajstić information content (AvgIpc) is 3.77. The summed E-state index contributed by atoms with van der Waals surface area (Å²) in [5, 5.41) is 7.45. The lowest BCUT2D eigenvalue weighted by molar-refractivity contribution is 1.32. The molecule has 0 bridgehead atoms. The highest BCUT2D eigenvalue weighted by Crippen LogP contribution is 2.52. The van der Waals surface area contributed by atoms with Crippen molar-refractivity contribution in [3.05, 3.63) is 249 Å². The van der Waals surface area contributed by atoms with Crippen LogP contribution >= 0.6 is 11.3 Å². The molecule has 0 fully saturated rings. The lowest BCUT2D eigenvalue weighted by Gasteiger charge is -2.31. The Morgan fingerprint density at radius 2 is 0.750 bits per heavy atom. The Hall–Kier alpha value is -8.04. The Labute approximate surface area is 377 Å². The lowest BCUT2D eigenvalue weighted by Crippen LogP contribution is -2.12. The molecule has 0 radical (unpaired) electrons. The highest BCUT2D eigenvalue weighted by Gasteiger charge is 2.26. The van der Waals surface area contributed by atoms with Gasteiger partial charge in [0.15, 0.2) is 0 Å². The van der Waals surface area contributed by atoms with Crippen molar-refractivity contribution in [3.8, 4) is 55.6 Å². The Kier molecular flexibility index (Phi) is 9.43. The molecule has 1 heterocycles. The molecule has 0 aliphatic carbocycles. The van der Waals surface area contributed by atoms with Crippen molar-refractivity contribution in [1.29, 1.82) is 0 Å². The van der Waals surface area contributed by atoms with Crippen molar-refractivity contribution < 1.29 is 0 Å². The fourth-order valence-corrected chi connectivity index (χ4v) is 10.9. The maximum atomic E-state index is 2.55. The Morgan fingerprint density at radius 3 is 1.44 bits per heavy atom. The average molecular weight is 832 g/mol. The largest absolute Gasteiger partial charge is 0.308 e. The van der Waals surface area contributed by atoms with E-state index in [0.717, 1.165) is 17.1 Å². The fourth-order valence-electron chi connectivity index (χ4n) is 9.66. The van der Waals surface area contributed by atoms with Gasteiger partial charge in [-0.1, -0.05) is 218 Å². The summed E-state index contributed by atoms with van der Waals surface area (Å²) in [6.07, 6.45) is 0. The van der Waals surface area contributed by atoms with Crippen molar-refractivity contribution in [3.63, 3.8) is 0 Å². The first-order valence-corrected chi connectivity index (χ1v) is 22.7. The first kappa shape index (κ1) is 37.7. The molecule has 0 unspecified atom stereocenters. The van der Waals surface area contributed by atoms with Crippen LogP contribution < -0.4 is 4.90 Å². The predicted molar refractivity (Wildman–Crippen MR) is 276 cm³/mol. The molecule has 0 spiro atoms. The standard InChI is InChI=1S/C62H41NS/c1-4-17-42(18-5-1)44-31-33-47(34-32-44)60-54-26-12-10-23-51(54)52-24-11-13-27-55(52)61(60)63(58-29-16-28-56-53-25-14-15-30-59(53)64-62(56)58)49-38-35-46(36-39-49)57-41-48(43-19-6-2-7-20-43)37-40-50(57)45-21-8-3-9-22-45/h1-41H. The Balaban J connectivity index is 1.13. The number of fused-ring (bicyclic) bond motifs is 6. The molecule has 64 heavy (non-hydrogen) atoms. The summed E-state index contributed by atoms with van der Waals surface area (Å²) in [6.45, 7) is 0. The van der Waals surface area contributed by atoms with Crippen molar-refractivity contribution >= 4 is 70.1 Å². The van der Waals surface area contributed by atoms with Gasteiger partial charge in [-0.05, 0) is 96.6 Å². The third kappa shape index (κ3) is 6.55. The first-order chi connectivity index (χ1) is 31.8. The van der Waals surface area contributed by atoms with Gasteiger partial charge in [-0.25, -0.2) is 0 Å². The van der Waals surface area contributed by atoms with E-state index in [-0.39, 0.29) is 0 Å². The van der Waals surface area contributed by atoms with Crippen LogP contribution in [0, 0.1) is 0 Å². The van der Waals surface area contributed by atoms with E-state index in [1.807, 2.05) is 11.3 Å². The molecule has 12 rings (SSSR count). The molecule has 0 saturated carbocycles. The van der Waals surface area contributed by atoms with Crippen LogP contribution in [0.4, 0.5) is 17.1 Å². The molecule has 0 atom stereocenters. The van der Waals surface area contributed by atoms with Gasteiger partial charge in [-0.3, -0.25) is 0 Å². The van der Waals surface area contributed by atoms with Gasteiger partial charge < -0.3 is 4.90 Å². The van der Waals surface area contributed by atoms with Crippen LogP contribution in [0.5, 0.6) is 0 Å². The van der Waals surface area contributed by atoms with Gasteiger partial charge in [0, 0.05) is 32.1 Å². The van der Waals surface area contributed by atoms with Gasteiger partial charge in [0.2, 0.25) is 0 Å². The Morgan fingerprint density at radius 1 is 0.281 bits per heavy atom. The fraction of sp³-hybridized carbons (Fsp3) is 0. The zero-order chi connectivity index (χ0) is 42.4. The second kappa shape index (κ2) is 16.0. The first-order valence-electron chi connectivity index (χ1n) is 21.9. The van der Waals surface area contributed by atoms with E-state index in [4.69, 9.17) is 0 Å². The van der Waals surface area contributed by atoms with Crippen LogP contribution in [-0.4, -0.2) is 0 Å². The molecule has 0 saturated heterocycles. The van der Waals surface area contributed by atoms with Crippen molar-refractivity contribution in [2.24, 2.45) is 0 Å². The van der Waals surface area contributed by atoms with Crippen LogP contribution in [0.15, 0.2) is 249 Å². The Bertz CT molecular complexity index is 3630. The summed E-state index contributed by atoms with van der Waals surface area (Å²) < 4.78 is 2.55. The van der Waals surface area contributed by atoms with Crippen molar-refractivity contribution in [2.75, 3.05) is 4.90 Å². The third-order valence-corrected chi connectivity index (χ3v) is 13.9. The molecule has 1 aromatic heterocycles. The molecule has 300 valence electrons. The number of benzene rings is 11. The summed E-state index contributed by atoms with van der Waals surface area (Å²) in [7, 11) is 0. The van der Waals surface area contributed by atoms with E-state index in [2.05, 4.69) is 254 Å². The zero-order valence-corrected chi connectivity index (χ0v) is 35.8. The second-order valence-electron chi connectivity index (χ2n) is 16.4. The van der Waals surface area contributed by atoms with E-state index in [1.165, 1.54) is 97.4 Å². The normalized spacial score (nSPS) is 11.4. The highest BCUT2D eigenvalue weighted by molar-refractivity contribution is 7.26. The molecule has 1 nitrogen and oxygen atoms in total. The van der Waals surface area contributed by atoms with Gasteiger partial charge in [0.25, 0.3) is 0 Å². The van der Waals surface area contributed by atoms with E-state index in [1.54, 1.807) is 0 Å². The van der Waals surface area contributed by atoms with Gasteiger partial charge in [-0.15, -0.1) is 11.3 Å². The van der Waals surface area contributed by atoms with Crippen molar-refractivity contribution in [2.45, 2.75) is 0 Å². The second-order valence-corrected chi connectivity index (χ2v) is 17.4.